The van der Waals surface area contributed by atoms with Crippen LogP contribution in [0.2, 0.25) is 0 Å². The van der Waals surface area contributed by atoms with E-state index in [0.717, 1.165) is 5.39 Å². The van der Waals surface area contributed by atoms with Gasteiger partial charge in [-0.15, -0.1) is 6.58 Å². The molecular weight excluding hydrogens is 839 g/mol. The number of hydrogen-bond acceptors (Lipinski definition) is 12. The van der Waals surface area contributed by atoms with Crippen LogP contribution in [0.1, 0.15) is 70.7 Å². The van der Waals surface area contributed by atoms with Gasteiger partial charge in [0.25, 0.3) is 17.7 Å². The van der Waals surface area contributed by atoms with Crippen molar-refractivity contribution in [1.82, 2.24) is 30.2 Å². The minimum Gasteiger partial charge on any atom is -0.491 e. The second kappa shape index (κ2) is 16.9. The second-order valence-corrected chi connectivity index (χ2v) is 20.0. The van der Waals surface area contributed by atoms with E-state index in [9.17, 15) is 22.8 Å². The van der Waals surface area contributed by atoms with E-state index in [1.807, 2.05) is 83.1 Å². The highest BCUT2D eigenvalue weighted by Crippen LogP contribution is 2.46. The normalized spacial score (nSPS) is 21.3. The number of nitrogens with zero attached hydrogens (tertiary/aromatic N) is 3. The van der Waals surface area contributed by atoms with Crippen molar-refractivity contribution in [3.8, 4) is 23.0 Å². The third-order valence-corrected chi connectivity index (χ3v) is 13.7. The van der Waals surface area contributed by atoms with Crippen molar-refractivity contribution in [2.45, 2.75) is 95.4 Å². The third-order valence-electron chi connectivity index (χ3n) is 11.8. The molecule has 0 bridgehead atoms. The number of carbonyl (C=O) groups is 4. The van der Waals surface area contributed by atoms with Gasteiger partial charge < -0.3 is 34.7 Å². The van der Waals surface area contributed by atoms with Gasteiger partial charge in [0.1, 0.15) is 40.6 Å². The van der Waals surface area contributed by atoms with Crippen molar-refractivity contribution in [3.63, 3.8) is 0 Å². The van der Waals surface area contributed by atoms with Gasteiger partial charge in [0.05, 0.1) is 17.9 Å². The van der Waals surface area contributed by atoms with Gasteiger partial charge in [-0.05, 0) is 99.2 Å². The van der Waals surface area contributed by atoms with Crippen LogP contribution in [0.15, 0.2) is 89.9 Å². The summed E-state index contributed by atoms with van der Waals surface area (Å²) < 4.78 is 46.8. The van der Waals surface area contributed by atoms with Gasteiger partial charge in [0.15, 0.2) is 5.82 Å². The minimum atomic E-state index is -3.94. The zero-order valence-electron chi connectivity index (χ0n) is 36.6. The number of benzene rings is 3. The minimum absolute atomic E-state index is 0.0189. The van der Waals surface area contributed by atoms with Gasteiger partial charge in [0, 0.05) is 41.6 Å². The van der Waals surface area contributed by atoms with Crippen LogP contribution in [-0.2, 0) is 24.4 Å². The summed E-state index contributed by atoms with van der Waals surface area (Å²) in [5.41, 5.74) is 0.748. The lowest BCUT2D eigenvalue weighted by molar-refractivity contribution is -0.141. The molecule has 4 amide bonds. The summed E-state index contributed by atoms with van der Waals surface area (Å²) in [6.45, 7) is 13.3. The number of amides is 4. The number of anilines is 1. The van der Waals surface area contributed by atoms with Crippen molar-refractivity contribution in [2.75, 3.05) is 18.9 Å². The van der Waals surface area contributed by atoms with Crippen molar-refractivity contribution >= 4 is 61.4 Å². The van der Waals surface area contributed by atoms with Crippen molar-refractivity contribution < 1.29 is 41.5 Å². The van der Waals surface area contributed by atoms with E-state index in [1.54, 1.807) is 31.3 Å². The molecule has 17 heteroatoms. The molecule has 4 N–H and O–H groups in total. The number of carbonyl (C=O) groups excluding carboxylic acids is 4. The van der Waals surface area contributed by atoms with Crippen LogP contribution in [0.25, 0.3) is 33.5 Å². The van der Waals surface area contributed by atoms with Gasteiger partial charge in [-0.3, -0.25) is 23.9 Å². The molecule has 336 valence electrons. The Bertz CT molecular complexity index is 2740. The Kier molecular flexibility index (Phi) is 11.7. The maximum absolute atomic E-state index is 15.0. The molecular formula is C47H53N7O9S. The number of para-hydroxylation sites is 1. The maximum atomic E-state index is 15.0. The topological polar surface area (TPSA) is 211 Å². The first-order valence-electron chi connectivity index (χ1n) is 21.4. The molecule has 5 atom stereocenters. The summed E-state index contributed by atoms with van der Waals surface area (Å²) in [7, 11) is -2.40. The monoisotopic (exact) mass is 891 g/mol. The number of aromatic nitrogens is 2. The van der Waals surface area contributed by atoms with E-state index in [2.05, 4.69) is 27.3 Å². The number of likely N-dealkylation sites (tertiary alicyclic amines) is 1. The molecule has 2 saturated carbocycles. The molecule has 1 aliphatic heterocycles. The van der Waals surface area contributed by atoms with Crippen LogP contribution in [0, 0.1) is 11.3 Å². The van der Waals surface area contributed by atoms with E-state index >= 15 is 4.79 Å². The molecule has 3 aliphatic rings. The van der Waals surface area contributed by atoms with E-state index in [0.29, 0.717) is 52.3 Å². The molecule has 2 aromatic heterocycles. The van der Waals surface area contributed by atoms with Crippen molar-refractivity contribution in [3.05, 3.63) is 91.0 Å². The molecule has 0 spiro atoms. The molecule has 1 saturated heterocycles. The highest BCUT2D eigenvalue weighted by Gasteiger charge is 2.62. The number of rotatable bonds is 15. The standard InChI is InChI=1S/C47H53N7O9S/c1-8-29-24-47(29,45(58)53-64(59,60)33-21-22-33)52-42(56)35-23-32(25-54(35)44(57)39(46(4,5)6)49-30-17-13-28(14-18-30)41(55)48-7)62-43-38-37(34-11-9-10-12-36(34)63-38)50-40(51-43)27-15-19-31(20-16-27)61-26(2)3/h8-20,26,29,32-33,35,39,49H,1,21-25H2,2-7H3,(H,48,55)(H,52,56)(H,53,58)/t29-,32-,35+,39-,47-/m1/s1. The van der Waals surface area contributed by atoms with Gasteiger partial charge in [-0.1, -0.05) is 39.0 Å². The fraction of sp³-hybridized carbons (Fsp3) is 0.404. The van der Waals surface area contributed by atoms with Crippen LogP contribution in [0.5, 0.6) is 11.6 Å². The van der Waals surface area contributed by atoms with Crippen molar-refractivity contribution in [2.24, 2.45) is 11.3 Å². The first-order chi connectivity index (χ1) is 30.4. The molecule has 3 aromatic carbocycles. The second-order valence-electron chi connectivity index (χ2n) is 18.1. The summed E-state index contributed by atoms with van der Waals surface area (Å²) in [4.78, 5) is 66.9. The molecule has 3 heterocycles. The largest absolute Gasteiger partial charge is 0.491 e. The third kappa shape index (κ3) is 8.85. The lowest BCUT2D eigenvalue weighted by Gasteiger charge is -2.36. The summed E-state index contributed by atoms with van der Waals surface area (Å²) >= 11 is 0. The van der Waals surface area contributed by atoms with Crippen molar-refractivity contribution in [1.29, 1.82) is 0 Å². The van der Waals surface area contributed by atoms with Crippen LogP contribution in [0.3, 0.4) is 0 Å². The van der Waals surface area contributed by atoms with Crippen LogP contribution < -0.4 is 30.1 Å². The highest BCUT2D eigenvalue weighted by atomic mass is 32.2. The van der Waals surface area contributed by atoms with E-state index in [-0.39, 0.29) is 42.9 Å². The number of sulfonamides is 1. The van der Waals surface area contributed by atoms with Gasteiger partial charge in [-0.2, -0.15) is 4.98 Å². The smallest absolute Gasteiger partial charge is 0.262 e. The summed E-state index contributed by atoms with van der Waals surface area (Å²) in [6, 6.07) is 19.4. The Labute approximate surface area is 371 Å². The Morgan fingerprint density at radius 3 is 2.31 bits per heavy atom. The summed E-state index contributed by atoms with van der Waals surface area (Å²) in [5, 5.41) is 8.87. The Morgan fingerprint density at radius 2 is 1.69 bits per heavy atom. The summed E-state index contributed by atoms with van der Waals surface area (Å²) in [6.07, 6.45) is 1.68. The average molecular weight is 892 g/mol. The predicted molar refractivity (Wildman–Crippen MR) is 241 cm³/mol. The molecule has 0 radical (unpaired) electrons. The lowest BCUT2D eigenvalue weighted by Crippen LogP contribution is -2.58. The quantitative estimate of drug-likeness (QED) is 0.0929. The maximum Gasteiger partial charge on any atom is 0.262 e. The highest BCUT2D eigenvalue weighted by molar-refractivity contribution is 7.91. The van der Waals surface area contributed by atoms with E-state index in [4.69, 9.17) is 23.9 Å². The number of furan rings is 1. The fourth-order valence-electron chi connectivity index (χ4n) is 8.12. The van der Waals surface area contributed by atoms with Crippen LogP contribution in [0.4, 0.5) is 5.69 Å². The van der Waals surface area contributed by atoms with E-state index < -0.39 is 68.1 Å². The first-order valence-corrected chi connectivity index (χ1v) is 23.0. The first kappa shape index (κ1) is 44.1. The Morgan fingerprint density at radius 1 is 0.984 bits per heavy atom. The molecule has 5 aromatic rings. The molecule has 0 unspecified atom stereocenters. The van der Waals surface area contributed by atoms with Crippen LogP contribution >= 0.6 is 0 Å². The van der Waals surface area contributed by atoms with Gasteiger partial charge >= 0.3 is 0 Å². The molecule has 64 heavy (non-hydrogen) atoms. The molecule has 8 rings (SSSR count). The van der Waals surface area contributed by atoms with Crippen LogP contribution in [-0.4, -0.2) is 95.6 Å². The Hall–Kier alpha value is -6.49. The zero-order valence-corrected chi connectivity index (χ0v) is 37.5. The van der Waals surface area contributed by atoms with E-state index in [1.165, 1.54) is 11.0 Å². The SMILES string of the molecule is C=C[C@@H]1C[C@]1(NC(=O)[C@@H]1C[C@@H](Oc2nc(-c3ccc(OC(C)C)cc3)nc3c2oc2ccccc23)CN1C(=O)[C@@H](Nc1ccc(C(=O)NC)cc1)C(C)(C)C)C(=O)NS(=O)(=O)C1CC1. The number of ether oxygens (including phenoxy) is 2. The molecule has 16 nitrogen and oxygen atoms in total. The number of nitrogens with one attached hydrogen (secondary N) is 4. The van der Waals surface area contributed by atoms with Gasteiger partial charge in [-0.25, -0.2) is 13.4 Å². The summed E-state index contributed by atoms with van der Waals surface area (Å²) in [5.74, 6) is -1.60. The molecule has 3 fully saturated rings. The van der Waals surface area contributed by atoms with Gasteiger partial charge in [0.2, 0.25) is 27.4 Å². The average Bonchev–Trinajstić information content (AvgIpc) is 4.17. The fourth-order valence-corrected chi connectivity index (χ4v) is 9.49. The lowest BCUT2D eigenvalue weighted by atomic mass is 9.85. The predicted octanol–water partition coefficient (Wildman–Crippen LogP) is 5.73. The number of fused-ring (bicyclic) bond motifs is 3. The zero-order chi connectivity index (χ0) is 45.7. The molecule has 2 aliphatic carbocycles. The Balaban J connectivity index is 1.14. The number of hydrogen-bond donors (Lipinski definition) is 4.